The number of aryl methyl sites for hydroxylation is 1. The molecule has 0 radical (unpaired) electrons. The zero-order valence-corrected chi connectivity index (χ0v) is 12.0. The first kappa shape index (κ1) is 13.9. The highest BCUT2D eigenvalue weighted by molar-refractivity contribution is 5.94. The van der Waals surface area contributed by atoms with Crippen LogP contribution in [0.15, 0.2) is 18.2 Å². The zero-order valence-electron chi connectivity index (χ0n) is 12.0. The summed E-state index contributed by atoms with van der Waals surface area (Å²) in [7, 11) is 0. The van der Waals surface area contributed by atoms with Crippen LogP contribution in [0.25, 0.3) is 0 Å². The summed E-state index contributed by atoms with van der Waals surface area (Å²) in [5.41, 5.74) is 7.14. The molecule has 0 saturated carbocycles. The smallest absolute Gasteiger partial charge is 0.253 e. The van der Waals surface area contributed by atoms with Gasteiger partial charge in [-0.05, 0) is 49.4 Å². The Labute approximate surface area is 124 Å². The predicted octanol–water partition coefficient (Wildman–Crippen LogP) is 1.35. The Bertz CT molecular complexity index is 563. The summed E-state index contributed by atoms with van der Waals surface area (Å²) < 4.78 is 5.57. The number of amides is 2. The van der Waals surface area contributed by atoms with Gasteiger partial charge < -0.3 is 15.4 Å². The third-order valence-corrected chi connectivity index (χ3v) is 4.34. The molecular formula is C16H20N2O3. The molecule has 112 valence electrons. The molecule has 0 unspecified atom stereocenters. The van der Waals surface area contributed by atoms with E-state index in [-0.39, 0.29) is 17.7 Å². The number of piperidine rings is 1. The van der Waals surface area contributed by atoms with Crippen molar-refractivity contribution in [1.82, 2.24) is 4.90 Å². The lowest BCUT2D eigenvalue weighted by Gasteiger charge is -2.31. The van der Waals surface area contributed by atoms with Crippen molar-refractivity contribution in [3.05, 3.63) is 29.3 Å². The third kappa shape index (κ3) is 2.86. The Morgan fingerprint density at radius 2 is 2.00 bits per heavy atom. The second-order valence-electron chi connectivity index (χ2n) is 5.74. The fourth-order valence-electron chi connectivity index (χ4n) is 3.04. The van der Waals surface area contributed by atoms with E-state index in [1.54, 1.807) is 0 Å². The summed E-state index contributed by atoms with van der Waals surface area (Å²) in [6.07, 6.45) is 3.28. The van der Waals surface area contributed by atoms with Crippen molar-refractivity contribution in [3.63, 3.8) is 0 Å². The van der Waals surface area contributed by atoms with Crippen molar-refractivity contribution < 1.29 is 14.3 Å². The van der Waals surface area contributed by atoms with Gasteiger partial charge in [0.25, 0.3) is 5.91 Å². The Morgan fingerprint density at radius 3 is 2.71 bits per heavy atom. The number of likely N-dealkylation sites (tertiary alicyclic amines) is 1. The maximum absolute atomic E-state index is 12.5. The maximum atomic E-state index is 12.5. The first-order valence-corrected chi connectivity index (χ1v) is 7.49. The standard InChI is InChI=1S/C16H20N2O3/c17-15(19)11-5-7-18(8-6-11)16(20)13-3-4-14-12(10-13)2-1-9-21-14/h3-4,10-11H,1-2,5-9H2,(H2,17,19). The Kier molecular flexibility index (Phi) is 3.82. The number of carbonyl (C=O) groups is 2. The SMILES string of the molecule is NC(=O)C1CCN(C(=O)c2ccc3c(c2)CCCO3)CC1. The number of benzene rings is 1. The lowest BCUT2D eigenvalue weighted by atomic mass is 9.95. The van der Waals surface area contributed by atoms with Crippen LogP contribution in [0.5, 0.6) is 5.75 Å². The Balaban J connectivity index is 1.70. The number of hydrogen-bond donors (Lipinski definition) is 1. The van der Waals surface area contributed by atoms with Gasteiger partial charge in [0.1, 0.15) is 5.75 Å². The van der Waals surface area contributed by atoms with E-state index in [0.29, 0.717) is 31.5 Å². The number of nitrogens with zero attached hydrogens (tertiary/aromatic N) is 1. The molecule has 2 heterocycles. The van der Waals surface area contributed by atoms with Gasteiger partial charge in [-0.15, -0.1) is 0 Å². The summed E-state index contributed by atoms with van der Waals surface area (Å²) in [6.45, 7) is 1.95. The summed E-state index contributed by atoms with van der Waals surface area (Å²) in [4.78, 5) is 25.5. The molecule has 5 heteroatoms. The molecule has 0 aliphatic carbocycles. The first-order chi connectivity index (χ1) is 10.1. The molecule has 2 N–H and O–H groups in total. The van der Waals surface area contributed by atoms with Crippen LogP contribution < -0.4 is 10.5 Å². The molecule has 0 atom stereocenters. The highest BCUT2D eigenvalue weighted by Gasteiger charge is 2.26. The van der Waals surface area contributed by atoms with Crippen LogP contribution in [-0.4, -0.2) is 36.4 Å². The fraction of sp³-hybridized carbons (Fsp3) is 0.500. The summed E-state index contributed by atoms with van der Waals surface area (Å²) >= 11 is 0. The maximum Gasteiger partial charge on any atom is 0.253 e. The predicted molar refractivity (Wildman–Crippen MR) is 78.1 cm³/mol. The minimum Gasteiger partial charge on any atom is -0.493 e. The van der Waals surface area contributed by atoms with Gasteiger partial charge in [-0.2, -0.15) is 0 Å². The van der Waals surface area contributed by atoms with E-state index in [1.165, 1.54) is 0 Å². The van der Waals surface area contributed by atoms with E-state index in [9.17, 15) is 9.59 Å². The molecule has 2 amide bonds. The highest BCUT2D eigenvalue weighted by Crippen LogP contribution is 2.27. The molecule has 3 rings (SSSR count). The number of fused-ring (bicyclic) bond motifs is 1. The molecule has 1 aromatic rings. The normalized spacial score (nSPS) is 18.8. The van der Waals surface area contributed by atoms with E-state index in [4.69, 9.17) is 10.5 Å². The number of carbonyl (C=O) groups excluding carboxylic acids is 2. The molecule has 21 heavy (non-hydrogen) atoms. The lowest BCUT2D eigenvalue weighted by Crippen LogP contribution is -2.41. The summed E-state index contributed by atoms with van der Waals surface area (Å²) in [5.74, 6) is 0.579. The van der Waals surface area contributed by atoms with Crippen molar-refractivity contribution >= 4 is 11.8 Å². The van der Waals surface area contributed by atoms with Gasteiger partial charge in [0.2, 0.25) is 5.91 Å². The topological polar surface area (TPSA) is 72.6 Å². The Morgan fingerprint density at radius 1 is 1.24 bits per heavy atom. The van der Waals surface area contributed by atoms with Gasteiger partial charge in [0.15, 0.2) is 0 Å². The molecule has 1 saturated heterocycles. The lowest BCUT2D eigenvalue weighted by molar-refractivity contribution is -0.123. The van der Waals surface area contributed by atoms with Crippen LogP contribution in [-0.2, 0) is 11.2 Å². The van der Waals surface area contributed by atoms with Crippen molar-refractivity contribution in [2.45, 2.75) is 25.7 Å². The number of nitrogens with two attached hydrogens (primary N) is 1. The number of primary amides is 1. The molecular weight excluding hydrogens is 268 g/mol. The van der Waals surface area contributed by atoms with Crippen LogP contribution >= 0.6 is 0 Å². The van der Waals surface area contributed by atoms with Gasteiger partial charge >= 0.3 is 0 Å². The number of rotatable bonds is 2. The third-order valence-electron chi connectivity index (χ3n) is 4.34. The van der Waals surface area contributed by atoms with Gasteiger partial charge in [-0.1, -0.05) is 0 Å². The summed E-state index contributed by atoms with van der Waals surface area (Å²) in [5, 5.41) is 0. The van der Waals surface area contributed by atoms with E-state index >= 15 is 0 Å². The second-order valence-corrected chi connectivity index (χ2v) is 5.74. The average Bonchev–Trinajstić information content (AvgIpc) is 2.54. The largest absolute Gasteiger partial charge is 0.493 e. The quantitative estimate of drug-likeness (QED) is 0.892. The molecule has 1 fully saturated rings. The van der Waals surface area contributed by atoms with Crippen molar-refractivity contribution in [1.29, 1.82) is 0 Å². The van der Waals surface area contributed by atoms with Crippen LogP contribution in [0.3, 0.4) is 0 Å². The number of ether oxygens (including phenoxy) is 1. The van der Waals surface area contributed by atoms with Gasteiger partial charge in [-0.3, -0.25) is 9.59 Å². The molecule has 0 bridgehead atoms. The van der Waals surface area contributed by atoms with Crippen molar-refractivity contribution in [2.24, 2.45) is 11.7 Å². The molecule has 5 nitrogen and oxygen atoms in total. The zero-order chi connectivity index (χ0) is 14.8. The molecule has 0 aromatic heterocycles. The summed E-state index contributed by atoms with van der Waals surface area (Å²) in [6, 6.07) is 5.65. The number of hydrogen-bond acceptors (Lipinski definition) is 3. The van der Waals surface area contributed by atoms with Crippen LogP contribution in [0.4, 0.5) is 0 Å². The minimum atomic E-state index is -0.256. The monoisotopic (exact) mass is 288 g/mol. The van der Waals surface area contributed by atoms with E-state index in [2.05, 4.69) is 0 Å². The molecule has 0 spiro atoms. The second kappa shape index (κ2) is 5.76. The van der Waals surface area contributed by atoms with Crippen molar-refractivity contribution in [2.75, 3.05) is 19.7 Å². The molecule has 2 aliphatic rings. The van der Waals surface area contributed by atoms with E-state index < -0.39 is 0 Å². The van der Waals surface area contributed by atoms with Gasteiger partial charge in [0.05, 0.1) is 6.61 Å². The average molecular weight is 288 g/mol. The van der Waals surface area contributed by atoms with Crippen LogP contribution in [0.1, 0.15) is 35.2 Å². The molecule has 1 aromatic carbocycles. The minimum absolute atomic E-state index is 0.0336. The van der Waals surface area contributed by atoms with Gasteiger partial charge in [-0.25, -0.2) is 0 Å². The van der Waals surface area contributed by atoms with Crippen molar-refractivity contribution in [3.8, 4) is 5.75 Å². The first-order valence-electron chi connectivity index (χ1n) is 7.49. The fourth-order valence-corrected chi connectivity index (χ4v) is 3.04. The van der Waals surface area contributed by atoms with E-state index in [0.717, 1.165) is 30.8 Å². The Hall–Kier alpha value is -2.04. The van der Waals surface area contributed by atoms with E-state index in [1.807, 2.05) is 23.1 Å². The van der Waals surface area contributed by atoms with Crippen LogP contribution in [0, 0.1) is 5.92 Å². The van der Waals surface area contributed by atoms with Gasteiger partial charge in [0, 0.05) is 24.6 Å². The van der Waals surface area contributed by atoms with Crippen LogP contribution in [0.2, 0.25) is 0 Å². The molecule has 2 aliphatic heterocycles. The highest BCUT2D eigenvalue weighted by atomic mass is 16.5.